The standard InChI is InChI=1S/C25H27N5O2/c26-22-10-20(12-27-13-22)25(32)30-15-21(16-30)19-4-1-2-9-29(14-19)24(31)18-7-6-17-5-3-8-28-23(17)11-18/h3,5-8,10-13,19,21H,1-2,4,9,14-16,26H2. The summed E-state index contributed by atoms with van der Waals surface area (Å²) < 4.78 is 0. The maximum atomic E-state index is 13.3. The molecule has 0 aliphatic carbocycles. The van der Waals surface area contributed by atoms with Crippen molar-refractivity contribution in [2.45, 2.75) is 19.3 Å². The largest absolute Gasteiger partial charge is 0.397 e. The van der Waals surface area contributed by atoms with E-state index in [1.54, 1.807) is 24.7 Å². The Hall–Kier alpha value is -3.48. The second-order valence-electron chi connectivity index (χ2n) is 8.90. The molecule has 0 radical (unpaired) electrons. The molecule has 164 valence electrons. The van der Waals surface area contributed by atoms with Crippen molar-refractivity contribution in [1.29, 1.82) is 0 Å². The molecule has 7 nitrogen and oxygen atoms in total. The van der Waals surface area contributed by atoms with Gasteiger partial charge < -0.3 is 15.5 Å². The van der Waals surface area contributed by atoms with Gasteiger partial charge in [-0.1, -0.05) is 18.6 Å². The first-order valence-electron chi connectivity index (χ1n) is 11.2. The molecule has 2 aliphatic rings. The van der Waals surface area contributed by atoms with Crippen molar-refractivity contribution in [2.75, 3.05) is 31.9 Å². The summed E-state index contributed by atoms with van der Waals surface area (Å²) in [7, 11) is 0. The number of carbonyl (C=O) groups is 2. The molecule has 2 amide bonds. The number of nitrogens with two attached hydrogens (primary N) is 1. The number of amides is 2. The van der Waals surface area contributed by atoms with Gasteiger partial charge >= 0.3 is 0 Å². The van der Waals surface area contributed by atoms with Gasteiger partial charge in [-0.2, -0.15) is 0 Å². The van der Waals surface area contributed by atoms with Crippen LogP contribution in [0.4, 0.5) is 5.69 Å². The van der Waals surface area contributed by atoms with Crippen LogP contribution in [0.3, 0.4) is 0 Å². The average molecular weight is 430 g/mol. The smallest absolute Gasteiger partial charge is 0.255 e. The Morgan fingerprint density at radius 1 is 0.906 bits per heavy atom. The molecule has 2 aromatic heterocycles. The third-order valence-electron chi connectivity index (χ3n) is 6.72. The van der Waals surface area contributed by atoms with Crippen LogP contribution in [-0.2, 0) is 0 Å². The zero-order valence-corrected chi connectivity index (χ0v) is 18.0. The number of likely N-dealkylation sites (tertiary alicyclic amines) is 2. The number of aromatic nitrogens is 2. The molecule has 1 atom stereocenters. The normalized spacial score (nSPS) is 19.4. The Balaban J connectivity index is 1.24. The SMILES string of the molecule is Nc1cncc(C(=O)N2CC(C3CCCCN(C(=O)c4ccc5cccnc5c4)C3)C2)c1. The van der Waals surface area contributed by atoms with Gasteiger partial charge in [-0.05, 0) is 48.9 Å². The summed E-state index contributed by atoms with van der Waals surface area (Å²) in [6.07, 6.45) is 8.07. The van der Waals surface area contributed by atoms with Crippen LogP contribution in [0.1, 0.15) is 40.0 Å². The fourth-order valence-corrected chi connectivity index (χ4v) is 4.86. The van der Waals surface area contributed by atoms with E-state index in [9.17, 15) is 9.59 Å². The van der Waals surface area contributed by atoms with E-state index in [2.05, 4.69) is 9.97 Å². The third-order valence-corrected chi connectivity index (χ3v) is 6.72. The minimum Gasteiger partial charge on any atom is -0.397 e. The first-order chi connectivity index (χ1) is 15.6. The van der Waals surface area contributed by atoms with Gasteiger partial charge in [0.25, 0.3) is 11.8 Å². The van der Waals surface area contributed by atoms with E-state index in [1.165, 1.54) is 0 Å². The van der Waals surface area contributed by atoms with Gasteiger partial charge in [0.05, 0.1) is 16.8 Å². The van der Waals surface area contributed by atoms with Gasteiger partial charge in [0.1, 0.15) is 0 Å². The number of nitrogen functional groups attached to an aromatic ring is 1. The van der Waals surface area contributed by atoms with Gasteiger partial charge in [0.15, 0.2) is 0 Å². The zero-order chi connectivity index (χ0) is 22.1. The first-order valence-corrected chi connectivity index (χ1v) is 11.2. The topological polar surface area (TPSA) is 92.4 Å². The third kappa shape index (κ3) is 4.02. The minimum absolute atomic E-state index is 0.0220. The molecule has 3 aromatic rings. The monoisotopic (exact) mass is 429 g/mol. The maximum Gasteiger partial charge on any atom is 0.255 e. The molecule has 32 heavy (non-hydrogen) atoms. The van der Waals surface area contributed by atoms with Crippen molar-refractivity contribution in [1.82, 2.24) is 19.8 Å². The Morgan fingerprint density at radius 3 is 2.56 bits per heavy atom. The first kappa shape index (κ1) is 20.4. The number of hydrogen-bond acceptors (Lipinski definition) is 5. The lowest BCUT2D eigenvalue weighted by molar-refractivity contribution is 0.0294. The van der Waals surface area contributed by atoms with Gasteiger partial charge in [0.2, 0.25) is 0 Å². The predicted octanol–water partition coefficient (Wildman–Crippen LogP) is 3.23. The van der Waals surface area contributed by atoms with Gasteiger partial charge in [-0.25, -0.2) is 0 Å². The number of fused-ring (bicyclic) bond motifs is 1. The van der Waals surface area contributed by atoms with Crippen molar-refractivity contribution in [2.24, 2.45) is 11.8 Å². The van der Waals surface area contributed by atoms with Crippen LogP contribution in [0.2, 0.25) is 0 Å². The molecule has 1 aromatic carbocycles. The summed E-state index contributed by atoms with van der Waals surface area (Å²) >= 11 is 0. The van der Waals surface area contributed by atoms with Crippen molar-refractivity contribution in [3.8, 4) is 0 Å². The van der Waals surface area contributed by atoms with Crippen molar-refractivity contribution in [3.05, 3.63) is 66.1 Å². The van der Waals surface area contributed by atoms with Crippen LogP contribution in [0, 0.1) is 11.8 Å². The number of rotatable bonds is 3. The van der Waals surface area contributed by atoms with E-state index in [0.717, 1.165) is 56.3 Å². The summed E-state index contributed by atoms with van der Waals surface area (Å²) in [6, 6.07) is 11.3. The van der Waals surface area contributed by atoms with E-state index < -0.39 is 0 Å². The molecular weight excluding hydrogens is 402 g/mol. The fourth-order valence-electron chi connectivity index (χ4n) is 4.86. The number of nitrogens with zero attached hydrogens (tertiary/aromatic N) is 4. The average Bonchev–Trinajstić information content (AvgIpc) is 3.03. The quantitative estimate of drug-likeness (QED) is 0.690. The van der Waals surface area contributed by atoms with Gasteiger partial charge in [-0.15, -0.1) is 0 Å². The van der Waals surface area contributed by atoms with E-state index in [1.807, 2.05) is 40.1 Å². The van der Waals surface area contributed by atoms with Crippen LogP contribution in [-0.4, -0.2) is 57.8 Å². The molecule has 1 unspecified atom stereocenters. The second-order valence-corrected chi connectivity index (χ2v) is 8.90. The highest BCUT2D eigenvalue weighted by molar-refractivity contribution is 5.98. The van der Waals surface area contributed by atoms with Gasteiger partial charge in [0, 0.05) is 55.7 Å². The number of pyridine rings is 2. The van der Waals surface area contributed by atoms with E-state index >= 15 is 0 Å². The summed E-state index contributed by atoms with van der Waals surface area (Å²) in [6.45, 7) is 2.96. The van der Waals surface area contributed by atoms with E-state index in [-0.39, 0.29) is 11.8 Å². The summed E-state index contributed by atoms with van der Waals surface area (Å²) in [5, 5.41) is 1.03. The zero-order valence-electron chi connectivity index (χ0n) is 18.0. The summed E-state index contributed by atoms with van der Waals surface area (Å²) in [5.41, 5.74) is 8.33. The molecule has 7 heteroatoms. The highest BCUT2D eigenvalue weighted by Gasteiger charge is 2.38. The molecule has 0 spiro atoms. The predicted molar refractivity (Wildman–Crippen MR) is 123 cm³/mol. The Kier molecular flexibility index (Phi) is 5.47. The Morgan fingerprint density at radius 2 is 1.72 bits per heavy atom. The highest BCUT2D eigenvalue weighted by Crippen LogP contribution is 2.32. The van der Waals surface area contributed by atoms with Crippen LogP contribution >= 0.6 is 0 Å². The lowest BCUT2D eigenvalue weighted by Crippen LogP contribution is -2.54. The summed E-state index contributed by atoms with van der Waals surface area (Å²) in [4.78, 5) is 38.2. The van der Waals surface area contributed by atoms with E-state index in [0.29, 0.717) is 28.7 Å². The highest BCUT2D eigenvalue weighted by atomic mass is 16.2. The Labute approximate surface area is 187 Å². The molecule has 2 fully saturated rings. The minimum atomic E-state index is -0.0220. The number of hydrogen-bond donors (Lipinski definition) is 1. The molecule has 0 bridgehead atoms. The van der Waals surface area contributed by atoms with Crippen molar-refractivity contribution >= 4 is 28.4 Å². The van der Waals surface area contributed by atoms with Crippen molar-refractivity contribution in [3.63, 3.8) is 0 Å². The van der Waals surface area contributed by atoms with Crippen molar-refractivity contribution < 1.29 is 9.59 Å². The molecule has 2 N–H and O–H groups in total. The molecule has 2 saturated heterocycles. The fraction of sp³-hybridized carbons (Fsp3) is 0.360. The van der Waals surface area contributed by atoms with Crippen LogP contribution in [0.5, 0.6) is 0 Å². The molecule has 2 aliphatic heterocycles. The lowest BCUT2D eigenvalue weighted by Gasteiger charge is -2.44. The molecule has 0 saturated carbocycles. The number of benzene rings is 1. The van der Waals surface area contributed by atoms with Crippen LogP contribution in [0.25, 0.3) is 10.9 Å². The lowest BCUT2D eigenvalue weighted by atomic mass is 9.82. The van der Waals surface area contributed by atoms with Crippen LogP contribution in [0.15, 0.2) is 55.0 Å². The van der Waals surface area contributed by atoms with E-state index in [4.69, 9.17) is 5.73 Å². The number of carbonyl (C=O) groups excluding carboxylic acids is 2. The second kappa shape index (κ2) is 8.57. The number of anilines is 1. The summed E-state index contributed by atoms with van der Waals surface area (Å²) in [5.74, 6) is 0.872. The maximum absolute atomic E-state index is 13.3. The Bertz CT molecular complexity index is 1160. The molecule has 4 heterocycles. The molecule has 5 rings (SSSR count). The van der Waals surface area contributed by atoms with Gasteiger partial charge in [-0.3, -0.25) is 19.6 Å². The molecular formula is C25H27N5O2. The van der Waals surface area contributed by atoms with Crippen LogP contribution < -0.4 is 5.73 Å².